The number of carbonyl (C=O) groups is 2. The maximum Gasteiger partial charge on any atom is 0.305 e. The first-order chi connectivity index (χ1) is 13.6. The van der Waals surface area contributed by atoms with Crippen LogP contribution in [0.15, 0.2) is 12.7 Å². The molecule has 0 bridgehead atoms. The molecule has 0 spiro atoms. The molecular weight excluding hydrogens is 388 g/mol. The smallest absolute Gasteiger partial charge is 0.305 e. The van der Waals surface area contributed by atoms with Crippen LogP contribution >= 0.6 is 0 Å². The zero-order valence-electron chi connectivity index (χ0n) is 18.9. The first kappa shape index (κ1) is 23.4. The summed E-state index contributed by atoms with van der Waals surface area (Å²) in [5.74, 6) is -1.78. The van der Waals surface area contributed by atoms with Gasteiger partial charge in [-0.25, -0.2) is 0 Å². The van der Waals surface area contributed by atoms with Crippen LogP contribution in [0, 0.1) is 16.7 Å². The monoisotopic (exact) mass is 424 g/mol. The minimum atomic E-state index is -2.18. The summed E-state index contributed by atoms with van der Waals surface area (Å²) in [5.41, 5.74) is -7.01. The maximum absolute atomic E-state index is 13.6. The van der Waals surface area contributed by atoms with Gasteiger partial charge in [-0.3, -0.25) is 9.59 Å². The third-order valence-electron chi connectivity index (χ3n) is 8.27. The van der Waals surface area contributed by atoms with Crippen molar-refractivity contribution in [1.82, 2.24) is 0 Å². The Morgan fingerprint density at radius 3 is 2.40 bits per heavy atom. The van der Waals surface area contributed by atoms with Crippen molar-refractivity contribution < 1.29 is 34.4 Å². The van der Waals surface area contributed by atoms with Gasteiger partial charge in [-0.2, -0.15) is 0 Å². The van der Waals surface area contributed by atoms with Crippen LogP contribution in [0.3, 0.4) is 0 Å². The number of hydrogen-bond acceptors (Lipinski definition) is 7. The largest absolute Gasteiger partial charge is 0.456 e. The highest BCUT2D eigenvalue weighted by molar-refractivity contribution is 5.92. The fourth-order valence-corrected chi connectivity index (χ4v) is 6.70. The van der Waals surface area contributed by atoms with Crippen LogP contribution in [0.5, 0.6) is 0 Å². The van der Waals surface area contributed by atoms with Gasteiger partial charge in [-0.15, -0.1) is 6.58 Å². The number of ketones is 1. The van der Waals surface area contributed by atoms with Gasteiger partial charge in [0.2, 0.25) is 0 Å². The Labute approximate surface area is 178 Å². The van der Waals surface area contributed by atoms with Gasteiger partial charge in [0, 0.05) is 24.2 Å². The lowest BCUT2D eigenvalue weighted by molar-refractivity contribution is -0.370. The van der Waals surface area contributed by atoms with Crippen molar-refractivity contribution in [1.29, 1.82) is 0 Å². The lowest BCUT2D eigenvalue weighted by Crippen LogP contribution is -2.86. The Morgan fingerprint density at radius 2 is 1.87 bits per heavy atom. The summed E-state index contributed by atoms with van der Waals surface area (Å²) >= 11 is 0. The van der Waals surface area contributed by atoms with E-state index >= 15 is 0 Å². The molecule has 3 N–H and O–H groups in total. The van der Waals surface area contributed by atoms with E-state index in [1.165, 1.54) is 13.0 Å². The van der Waals surface area contributed by atoms with Crippen molar-refractivity contribution in [3.05, 3.63) is 12.7 Å². The predicted molar refractivity (Wildman–Crippen MR) is 109 cm³/mol. The van der Waals surface area contributed by atoms with Crippen molar-refractivity contribution in [2.45, 2.75) is 102 Å². The molecule has 170 valence electrons. The van der Waals surface area contributed by atoms with E-state index in [-0.39, 0.29) is 12.8 Å². The molecule has 3 aliphatic rings. The van der Waals surface area contributed by atoms with Crippen molar-refractivity contribution in [3.63, 3.8) is 0 Å². The van der Waals surface area contributed by atoms with Crippen LogP contribution in [0.4, 0.5) is 0 Å². The normalized spacial score (nSPS) is 50.2. The summed E-state index contributed by atoms with van der Waals surface area (Å²) in [6, 6.07) is 0. The topological polar surface area (TPSA) is 113 Å². The molecule has 1 heterocycles. The molecule has 0 amide bonds. The quantitative estimate of drug-likeness (QED) is 0.468. The summed E-state index contributed by atoms with van der Waals surface area (Å²) in [6.45, 7) is 14.1. The fourth-order valence-electron chi connectivity index (χ4n) is 6.70. The number of rotatable bonds is 3. The lowest BCUT2D eigenvalue weighted by atomic mass is 9.40. The standard InChI is InChI=1S/C23H36O7/c1-8-15(26)29-18-16(27)17-19(3,4)11-10-13(24)21(17,6)23(28)14(25)12-20(5,9-2)30-22(18,23)7/h9,13,16-18,24,27-28H,2,8,10-12H2,1,3-7H3/t13-,16?,17?,18?,20-,21?,22+,23-/m0/s1. The molecule has 8 atom stereocenters. The molecule has 0 aromatic rings. The minimum absolute atomic E-state index is 0.0678. The predicted octanol–water partition coefficient (Wildman–Crippen LogP) is 1.91. The Kier molecular flexibility index (Phi) is 5.35. The van der Waals surface area contributed by atoms with E-state index in [0.29, 0.717) is 12.8 Å². The van der Waals surface area contributed by atoms with Gasteiger partial charge in [-0.1, -0.05) is 33.8 Å². The van der Waals surface area contributed by atoms with Crippen LogP contribution in [0.2, 0.25) is 0 Å². The summed E-state index contributed by atoms with van der Waals surface area (Å²) in [7, 11) is 0. The number of fused-ring (bicyclic) bond motifs is 3. The second-order valence-electron chi connectivity index (χ2n) is 10.6. The van der Waals surface area contributed by atoms with E-state index < -0.39 is 63.6 Å². The zero-order valence-corrected chi connectivity index (χ0v) is 18.9. The highest BCUT2D eigenvalue weighted by Crippen LogP contribution is 2.67. The molecule has 7 heteroatoms. The van der Waals surface area contributed by atoms with Gasteiger partial charge < -0.3 is 24.8 Å². The molecular formula is C23H36O7. The molecule has 1 aliphatic heterocycles. The molecule has 3 fully saturated rings. The van der Waals surface area contributed by atoms with Gasteiger partial charge in [0.15, 0.2) is 17.5 Å². The van der Waals surface area contributed by atoms with Gasteiger partial charge >= 0.3 is 5.97 Å². The molecule has 1 saturated heterocycles. The maximum atomic E-state index is 13.6. The molecule has 3 rings (SSSR count). The highest BCUT2D eigenvalue weighted by Gasteiger charge is 2.81. The van der Waals surface area contributed by atoms with E-state index in [2.05, 4.69) is 6.58 Å². The Bertz CT molecular complexity index is 763. The van der Waals surface area contributed by atoms with Crippen LogP contribution in [-0.4, -0.2) is 62.2 Å². The number of esters is 1. The molecule has 30 heavy (non-hydrogen) atoms. The third kappa shape index (κ3) is 2.71. The van der Waals surface area contributed by atoms with E-state index in [4.69, 9.17) is 9.47 Å². The van der Waals surface area contributed by atoms with E-state index in [0.717, 1.165) is 0 Å². The molecule has 2 aliphatic carbocycles. The Morgan fingerprint density at radius 1 is 1.27 bits per heavy atom. The fraction of sp³-hybridized carbons (Fsp3) is 0.826. The molecule has 0 aromatic heterocycles. The number of aliphatic hydroxyl groups is 3. The molecule has 2 saturated carbocycles. The average molecular weight is 425 g/mol. The van der Waals surface area contributed by atoms with Gasteiger partial charge in [-0.05, 0) is 32.1 Å². The van der Waals surface area contributed by atoms with Crippen molar-refractivity contribution in [3.8, 4) is 0 Å². The van der Waals surface area contributed by atoms with Crippen molar-refractivity contribution >= 4 is 11.8 Å². The number of aliphatic hydroxyl groups excluding tert-OH is 2. The molecule has 0 aromatic carbocycles. The number of carbonyl (C=O) groups excluding carboxylic acids is 2. The van der Waals surface area contributed by atoms with Gasteiger partial charge in [0.25, 0.3) is 0 Å². The summed E-state index contributed by atoms with van der Waals surface area (Å²) in [6.07, 6.45) is -1.21. The zero-order chi connectivity index (χ0) is 22.9. The van der Waals surface area contributed by atoms with Crippen LogP contribution in [0.1, 0.15) is 67.2 Å². The van der Waals surface area contributed by atoms with Crippen LogP contribution in [0.25, 0.3) is 0 Å². The second kappa shape index (κ2) is 6.86. The van der Waals surface area contributed by atoms with Crippen molar-refractivity contribution in [2.24, 2.45) is 16.7 Å². The van der Waals surface area contributed by atoms with E-state index in [9.17, 15) is 24.9 Å². The third-order valence-corrected chi connectivity index (χ3v) is 8.27. The van der Waals surface area contributed by atoms with Crippen molar-refractivity contribution in [2.75, 3.05) is 0 Å². The number of Topliss-reactive ketones (excluding diaryl/α,β-unsaturated/α-hetero) is 1. The summed E-state index contributed by atoms with van der Waals surface area (Å²) < 4.78 is 12.0. The Hall–Kier alpha value is -1.28. The lowest BCUT2D eigenvalue weighted by Gasteiger charge is -2.71. The van der Waals surface area contributed by atoms with E-state index in [1.807, 2.05) is 13.8 Å². The summed E-state index contributed by atoms with van der Waals surface area (Å²) in [4.78, 5) is 25.9. The second-order valence-corrected chi connectivity index (χ2v) is 10.6. The first-order valence-electron chi connectivity index (χ1n) is 10.8. The molecule has 4 unspecified atom stereocenters. The van der Waals surface area contributed by atoms with Crippen LogP contribution in [-0.2, 0) is 19.1 Å². The molecule has 0 radical (unpaired) electrons. The highest BCUT2D eigenvalue weighted by atomic mass is 16.6. The average Bonchev–Trinajstić information content (AvgIpc) is 2.65. The van der Waals surface area contributed by atoms with Gasteiger partial charge in [0.1, 0.15) is 5.60 Å². The minimum Gasteiger partial charge on any atom is -0.456 e. The number of ether oxygens (including phenoxy) is 2. The first-order valence-corrected chi connectivity index (χ1v) is 10.8. The SMILES string of the molecule is C=C[C@@]1(C)CC(=O)[C@]2(O)C3(C)C(C(O)C(OC(=O)CC)[C@@]2(C)O1)C(C)(C)CC[C@@H]3O. The number of hydrogen-bond donors (Lipinski definition) is 3. The summed E-state index contributed by atoms with van der Waals surface area (Å²) in [5, 5.41) is 34.9. The van der Waals surface area contributed by atoms with E-state index in [1.54, 1.807) is 20.8 Å². The molecule has 7 nitrogen and oxygen atoms in total. The van der Waals surface area contributed by atoms with Gasteiger partial charge in [0.05, 0.1) is 17.8 Å². The Balaban J connectivity index is 2.31. The van der Waals surface area contributed by atoms with Crippen LogP contribution < -0.4 is 0 Å².